The molecule has 0 aliphatic carbocycles. The van der Waals surface area contributed by atoms with Crippen LogP contribution in [0.5, 0.6) is 0 Å². The van der Waals surface area contributed by atoms with Gasteiger partial charge in [-0.15, -0.1) is 0 Å². The Morgan fingerprint density at radius 2 is 1.86 bits per heavy atom. The molecule has 1 saturated heterocycles. The van der Waals surface area contributed by atoms with Crippen LogP contribution in [0.15, 0.2) is 48.7 Å². The van der Waals surface area contributed by atoms with Crippen molar-refractivity contribution in [1.82, 2.24) is 4.98 Å². The lowest BCUT2D eigenvalue weighted by molar-refractivity contribution is 0.403. The lowest BCUT2D eigenvalue weighted by atomic mass is 9.90. The fourth-order valence-corrected chi connectivity index (χ4v) is 3.06. The standard InChI is InChI=1S/C18H19N3/c19-14-17-18(7-4-10-20-17)21-11-8-16(9-12-21)13-15-5-2-1-3-6-15/h1-7,10,16H,8-9,11-13H2. The number of hydrogen-bond donors (Lipinski definition) is 0. The first-order valence-electron chi connectivity index (χ1n) is 7.51. The van der Waals surface area contributed by atoms with Gasteiger partial charge in [0.25, 0.3) is 0 Å². The first kappa shape index (κ1) is 13.6. The summed E-state index contributed by atoms with van der Waals surface area (Å²) in [4.78, 5) is 6.46. The maximum Gasteiger partial charge on any atom is 0.163 e. The molecule has 2 aromatic rings. The Morgan fingerprint density at radius 1 is 1.10 bits per heavy atom. The zero-order chi connectivity index (χ0) is 14.5. The van der Waals surface area contributed by atoms with Crippen LogP contribution in [0.1, 0.15) is 24.1 Å². The molecule has 1 fully saturated rings. The molecule has 3 nitrogen and oxygen atoms in total. The highest BCUT2D eigenvalue weighted by Crippen LogP contribution is 2.26. The Labute approximate surface area is 125 Å². The number of benzene rings is 1. The van der Waals surface area contributed by atoms with Crippen LogP contribution in [-0.2, 0) is 6.42 Å². The van der Waals surface area contributed by atoms with Crippen molar-refractivity contribution in [3.05, 3.63) is 59.9 Å². The van der Waals surface area contributed by atoms with Crippen molar-refractivity contribution < 1.29 is 0 Å². The lowest BCUT2D eigenvalue weighted by Gasteiger charge is -2.33. The second-order valence-corrected chi connectivity index (χ2v) is 5.60. The molecule has 0 atom stereocenters. The van der Waals surface area contributed by atoms with E-state index in [1.165, 1.54) is 18.4 Å². The molecule has 3 heteroatoms. The van der Waals surface area contributed by atoms with E-state index < -0.39 is 0 Å². The van der Waals surface area contributed by atoms with Crippen LogP contribution in [0.25, 0.3) is 0 Å². The lowest BCUT2D eigenvalue weighted by Crippen LogP contribution is -2.34. The maximum absolute atomic E-state index is 9.16. The molecule has 0 N–H and O–H groups in total. The Bertz CT molecular complexity index is 622. The van der Waals surface area contributed by atoms with Gasteiger partial charge in [-0.2, -0.15) is 5.26 Å². The Hall–Kier alpha value is -2.34. The van der Waals surface area contributed by atoms with Crippen LogP contribution in [0, 0.1) is 17.2 Å². The smallest absolute Gasteiger partial charge is 0.163 e. The summed E-state index contributed by atoms with van der Waals surface area (Å²) in [5.74, 6) is 0.742. The quantitative estimate of drug-likeness (QED) is 0.863. The van der Waals surface area contributed by atoms with Gasteiger partial charge in [-0.3, -0.25) is 0 Å². The van der Waals surface area contributed by atoms with Crippen molar-refractivity contribution in [2.24, 2.45) is 5.92 Å². The molecule has 0 unspecified atom stereocenters. The van der Waals surface area contributed by atoms with Gasteiger partial charge in [0.05, 0.1) is 5.69 Å². The number of pyridine rings is 1. The van der Waals surface area contributed by atoms with E-state index in [2.05, 4.69) is 46.3 Å². The number of nitrogens with zero attached hydrogens (tertiary/aromatic N) is 3. The highest BCUT2D eigenvalue weighted by molar-refractivity contribution is 5.55. The molecule has 1 aromatic heterocycles. The molecule has 21 heavy (non-hydrogen) atoms. The molecule has 106 valence electrons. The Morgan fingerprint density at radius 3 is 2.57 bits per heavy atom. The zero-order valence-electron chi connectivity index (χ0n) is 12.1. The molecule has 0 bridgehead atoms. The Kier molecular flexibility index (Phi) is 4.16. The van der Waals surface area contributed by atoms with Crippen LogP contribution in [0.3, 0.4) is 0 Å². The molecule has 1 aliphatic heterocycles. The highest BCUT2D eigenvalue weighted by Gasteiger charge is 2.21. The molecule has 1 aromatic carbocycles. The normalized spacial score (nSPS) is 15.7. The number of anilines is 1. The molecule has 0 saturated carbocycles. The first-order valence-corrected chi connectivity index (χ1v) is 7.51. The van der Waals surface area contributed by atoms with Gasteiger partial charge in [0.15, 0.2) is 5.69 Å². The average Bonchev–Trinajstić information content (AvgIpc) is 2.56. The minimum absolute atomic E-state index is 0.541. The number of rotatable bonds is 3. The van der Waals surface area contributed by atoms with E-state index in [9.17, 15) is 0 Å². The summed E-state index contributed by atoms with van der Waals surface area (Å²) in [6.07, 6.45) is 5.19. The summed E-state index contributed by atoms with van der Waals surface area (Å²) in [6, 6.07) is 16.8. The van der Waals surface area contributed by atoms with Crippen LogP contribution >= 0.6 is 0 Å². The summed E-state index contributed by atoms with van der Waals surface area (Å²) in [5.41, 5.74) is 2.95. The second-order valence-electron chi connectivity index (χ2n) is 5.60. The molecule has 0 spiro atoms. The van der Waals surface area contributed by atoms with Crippen molar-refractivity contribution in [2.75, 3.05) is 18.0 Å². The summed E-state index contributed by atoms with van der Waals surface area (Å²) in [5, 5.41) is 9.16. The largest absolute Gasteiger partial charge is 0.369 e. The summed E-state index contributed by atoms with van der Waals surface area (Å²) in [6.45, 7) is 2.02. The number of hydrogen-bond acceptors (Lipinski definition) is 3. The monoisotopic (exact) mass is 277 g/mol. The van der Waals surface area contributed by atoms with Gasteiger partial charge in [-0.25, -0.2) is 4.98 Å². The van der Waals surface area contributed by atoms with E-state index in [1.807, 2.05) is 12.1 Å². The van der Waals surface area contributed by atoms with Gasteiger partial charge in [0, 0.05) is 19.3 Å². The third kappa shape index (κ3) is 3.22. The van der Waals surface area contributed by atoms with Crippen molar-refractivity contribution in [2.45, 2.75) is 19.3 Å². The number of aromatic nitrogens is 1. The molecular formula is C18H19N3. The first-order chi connectivity index (χ1) is 10.4. The van der Waals surface area contributed by atoms with E-state index in [0.717, 1.165) is 31.1 Å². The van der Waals surface area contributed by atoms with Crippen LogP contribution in [0.4, 0.5) is 5.69 Å². The fraction of sp³-hybridized carbons (Fsp3) is 0.333. The van der Waals surface area contributed by atoms with Crippen molar-refractivity contribution in [1.29, 1.82) is 5.26 Å². The molecule has 2 heterocycles. The van der Waals surface area contributed by atoms with Crippen LogP contribution in [-0.4, -0.2) is 18.1 Å². The van der Waals surface area contributed by atoms with E-state index >= 15 is 0 Å². The van der Waals surface area contributed by atoms with E-state index in [1.54, 1.807) is 6.20 Å². The maximum atomic E-state index is 9.16. The van der Waals surface area contributed by atoms with Crippen LogP contribution in [0.2, 0.25) is 0 Å². The van der Waals surface area contributed by atoms with Crippen molar-refractivity contribution in [3.63, 3.8) is 0 Å². The van der Waals surface area contributed by atoms with Gasteiger partial charge in [0.2, 0.25) is 0 Å². The average molecular weight is 277 g/mol. The van der Waals surface area contributed by atoms with Crippen molar-refractivity contribution >= 4 is 5.69 Å². The molecule has 0 radical (unpaired) electrons. The minimum Gasteiger partial charge on any atom is -0.369 e. The minimum atomic E-state index is 0.541. The SMILES string of the molecule is N#Cc1ncccc1N1CCC(Cc2ccccc2)CC1. The molecular weight excluding hydrogens is 258 g/mol. The van der Waals surface area contributed by atoms with E-state index in [-0.39, 0.29) is 0 Å². The van der Waals surface area contributed by atoms with Gasteiger partial charge >= 0.3 is 0 Å². The predicted octanol–water partition coefficient (Wildman–Crippen LogP) is 3.41. The third-order valence-electron chi connectivity index (χ3n) is 4.21. The highest BCUT2D eigenvalue weighted by atomic mass is 15.1. The molecule has 1 aliphatic rings. The topological polar surface area (TPSA) is 39.9 Å². The molecule has 3 rings (SSSR count). The Balaban J connectivity index is 1.62. The number of nitriles is 1. The van der Waals surface area contributed by atoms with Crippen LogP contribution < -0.4 is 4.90 Å². The zero-order valence-corrected chi connectivity index (χ0v) is 12.1. The van der Waals surface area contributed by atoms with Gasteiger partial charge in [-0.05, 0) is 42.9 Å². The summed E-state index contributed by atoms with van der Waals surface area (Å²) in [7, 11) is 0. The van der Waals surface area contributed by atoms with Gasteiger partial charge in [0.1, 0.15) is 6.07 Å². The van der Waals surface area contributed by atoms with Gasteiger partial charge < -0.3 is 4.90 Å². The second kappa shape index (κ2) is 6.41. The van der Waals surface area contributed by atoms with E-state index in [4.69, 9.17) is 5.26 Å². The third-order valence-corrected chi connectivity index (χ3v) is 4.21. The predicted molar refractivity (Wildman–Crippen MR) is 84.0 cm³/mol. The fourth-order valence-electron chi connectivity index (χ4n) is 3.06. The van der Waals surface area contributed by atoms with Crippen molar-refractivity contribution in [3.8, 4) is 6.07 Å². The van der Waals surface area contributed by atoms with E-state index in [0.29, 0.717) is 5.69 Å². The molecule has 0 amide bonds. The summed E-state index contributed by atoms with van der Waals surface area (Å²) >= 11 is 0. The summed E-state index contributed by atoms with van der Waals surface area (Å²) < 4.78 is 0. The number of piperidine rings is 1. The van der Waals surface area contributed by atoms with Gasteiger partial charge in [-0.1, -0.05) is 30.3 Å².